The van der Waals surface area contributed by atoms with Crippen LogP contribution in [0, 0.1) is 0 Å². The van der Waals surface area contributed by atoms with Crippen LogP contribution in [0.2, 0.25) is 13.6 Å². The summed E-state index contributed by atoms with van der Waals surface area (Å²) in [5, 5.41) is 0. The third kappa shape index (κ3) is 1.69. The lowest BCUT2D eigenvalue weighted by atomic mass is 9.58. The second-order valence-corrected chi connectivity index (χ2v) is 4.86. The second-order valence-electron chi connectivity index (χ2n) is 3.18. The summed E-state index contributed by atoms with van der Waals surface area (Å²) in [4.78, 5) is 0. The smallest absolute Gasteiger partial charge is 0.221 e. The van der Waals surface area contributed by atoms with E-state index in [0.29, 0.717) is 0 Å². The molecule has 0 atom stereocenters. The van der Waals surface area contributed by atoms with Crippen molar-refractivity contribution in [3.63, 3.8) is 0 Å². The van der Waals surface area contributed by atoms with Gasteiger partial charge >= 0.3 is 0 Å². The molecule has 0 nitrogen and oxygen atoms in total. The van der Waals surface area contributed by atoms with Crippen LogP contribution in [0.5, 0.6) is 0 Å². The van der Waals surface area contributed by atoms with Crippen molar-refractivity contribution in [3.8, 4) is 0 Å². The summed E-state index contributed by atoms with van der Waals surface area (Å²) in [7, 11) is 0. The van der Waals surface area contributed by atoms with Gasteiger partial charge in [-0.1, -0.05) is 38.4 Å². The zero-order chi connectivity index (χ0) is 8.43. The molecule has 0 aromatic carbocycles. The molecule has 0 N–H and O–H groups in total. The average molecular weight is 166 g/mol. The molecule has 1 aliphatic heterocycles. The zero-order valence-electron chi connectivity index (χ0n) is 7.98. The minimum atomic E-state index is 0.782. The van der Waals surface area contributed by atoms with Gasteiger partial charge in [0.25, 0.3) is 0 Å². The van der Waals surface area contributed by atoms with E-state index < -0.39 is 0 Å². The van der Waals surface area contributed by atoms with Gasteiger partial charge in [-0.25, -0.2) is 11.5 Å². The van der Waals surface area contributed by atoms with Crippen LogP contribution in [-0.2, 0) is 0 Å². The molecule has 11 heavy (non-hydrogen) atoms. The fourth-order valence-electron chi connectivity index (χ4n) is 2.02. The maximum Gasteiger partial charge on any atom is 0.221 e. The van der Waals surface area contributed by atoms with Gasteiger partial charge in [-0.05, 0) is 12.8 Å². The quantitative estimate of drug-likeness (QED) is 0.567. The van der Waals surface area contributed by atoms with Crippen molar-refractivity contribution in [3.05, 3.63) is 10.9 Å². The monoisotopic (exact) mass is 166 g/mol. The fourth-order valence-corrected chi connectivity index (χ4v) is 3.60. The molecule has 0 amide bonds. The highest BCUT2D eigenvalue weighted by Crippen LogP contribution is 2.36. The highest BCUT2D eigenvalue weighted by molar-refractivity contribution is 8.47. The highest BCUT2D eigenvalue weighted by Gasteiger charge is 2.30. The molecule has 0 aromatic heterocycles. The Kier molecular flexibility index (Phi) is 3.17. The van der Waals surface area contributed by atoms with E-state index in [1.807, 2.05) is 0 Å². The van der Waals surface area contributed by atoms with E-state index in [-0.39, 0.29) is 0 Å². The zero-order valence-corrected chi connectivity index (χ0v) is 8.79. The molecule has 3 heteroatoms. The normalized spacial score (nSPS) is 18.5. The van der Waals surface area contributed by atoms with E-state index in [1.54, 1.807) is 10.9 Å². The Bertz CT molecular complexity index is 159. The Morgan fingerprint density at radius 3 is 1.64 bits per heavy atom. The van der Waals surface area contributed by atoms with Gasteiger partial charge in [0.05, 0.1) is 0 Å². The van der Waals surface area contributed by atoms with E-state index >= 15 is 0 Å². The molecule has 0 aliphatic carbocycles. The van der Waals surface area contributed by atoms with Crippen molar-refractivity contribution in [2.45, 2.75) is 40.3 Å². The van der Waals surface area contributed by atoms with Crippen LogP contribution >= 0.6 is 11.5 Å². The van der Waals surface area contributed by atoms with Gasteiger partial charge in [-0.2, -0.15) is 0 Å². The van der Waals surface area contributed by atoms with E-state index in [9.17, 15) is 0 Å². The number of rotatable bonds is 2. The van der Waals surface area contributed by atoms with Crippen LogP contribution in [0.4, 0.5) is 0 Å². The molecule has 0 spiro atoms. The van der Waals surface area contributed by atoms with Crippen molar-refractivity contribution < 1.29 is 0 Å². The molecule has 0 bridgehead atoms. The first kappa shape index (κ1) is 9.31. The lowest BCUT2D eigenvalue weighted by Crippen LogP contribution is -2.02. The lowest BCUT2D eigenvalue weighted by molar-refractivity contribution is 1.10. The molecule has 0 saturated heterocycles. The van der Waals surface area contributed by atoms with Crippen molar-refractivity contribution >= 4 is 23.4 Å². The number of allylic oxidation sites excluding steroid dienone is 2. The Morgan fingerprint density at radius 2 is 1.36 bits per heavy atom. The molecule has 1 aliphatic rings. The van der Waals surface area contributed by atoms with Crippen LogP contribution in [0.25, 0.3) is 0 Å². The average Bonchev–Trinajstić information content (AvgIpc) is 2.24. The third-order valence-corrected chi connectivity index (χ3v) is 3.95. The van der Waals surface area contributed by atoms with Gasteiger partial charge in [0.2, 0.25) is 12.0 Å². The summed E-state index contributed by atoms with van der Waals surface area (Å²) in [5.74, 6) is 1.56. The minimum Gasteiger partial charge on any atom is -0.244 e. The van der Waals surface area contributed by atoms with Crippen molar-refractivity contribution in [1.82, 2.24) is 0 Å². The van der Waals surface area contributed by atoms with Gasteiger partial charge in [0, 0.05) is 0 Å². The van der Waals surface area contributed by atoms with E-state index in [2.05, 4.69) is 39.0 Å². The first-order valence-corrected chi connectivity index (χ1v) is 5.52. The van der Waals surface area contributed by atoms with Gasteiger partial charge < -0.3 is 0 Å². The molecule has 1 rings (SSSR count). The van der Waals surface area contributed by atoms with Crippen molar-refractivity contribution in [1.29, 1.82) is 0 Å². The maximum atomic E-state index is 2.34. The molecular formula is C8H16B2S. The van der Waals surface area contributed by atoms with Crippen LogP contribution in [-0.4, -0.2) is 12.0 Å². The number of hydrogen-bond acceptors (Lipinski definition) is 1. The largest absolute Gasteiger partial charge is 0.244 e. The second kappa shape index (κ2) is 3.75. The first-order chi connectivity index (χ1) is 5.20. The maximum absolute atomic E-state index is 2.34. The summed E-state index contributed by atoms with van der Waals surface area (Å²) in [5.41, 5.74) is 3.43. The topological polar surface area (TPSA) is 0 Å². The highest BCUT2D eigenvalue weighted by atomic mass is 32.2. The Labute approximate surface area is 75.2 Å². The lowest BCUT2D eigenvalue weighted by Gasteiger charge is -2.04. The first-order valence-electron chi connectivity index (χ1n) is 4.57. The van der Waals surface area contributed by atoms with E-state index in [4.69, 9.17) is 0 Å². The fraction of sp³-hybridized carbons (Fsp3) is 0.750. The van der Waals surface area contributed by atoms with Gasteiger partial charge in [0.15, 0.2) is 0 Å². The van der Waals surface area contributed by atoms with Crippen LogP contribution < -0.4 is 0 Å². The van der Waals surface area contributed by atoms with E-state index in [0.717, 1.165) is 12.0 Å². The van der Waals surface area contributed by atoms with Crippen LogP contribution in [0.3, 0.4) is 0 Å². The Balaban J connectivity index is 2.83. The van der Waals surface area contributed by atoms with Crippen LogP contribution in [0.1, 0.15) is 26.7 Å². The van der Waals surface area contributed by atoms with Gasteiger partial charge in [0.1, 0.15) is 0 Å². The summed E-state index contributed by atoms with van der Waals surface area (Å²) in [6, 6.07) is 0. The van der Waals surface area contributed by atoms with Crippen molar-refractivity contribution in [2.24, 2.45) is 0 Å². The summed E-state index contributed by atoms with van der Waals surface area (Å²) < 4.78 is 0. The molecule has 0 aromatic rings. The molecule has 0 fully saturated rings. The summed E-state index contributed by atoms with van der Waals surface area (Å²) in [6.07, 6.45) is 2.50. The summed E-state index contributed by atoms with van der Waals surface area (Å²) in [6.45, 7) is 9.23. The minimum absolute atomic E-state index is 0.782. The Morgan fingerprint density at radius 1 is 1.00 bits per heavy atom. The van der Waals surface area contributed by atoms with Crippen LogP contribution in [0.15, 0.2) is 10.9 Å². The third-order valence-electron chi connectivity index (χ3n) is 2.56. The molecule has 0 radical (unpaired) electrons. The molecule has 1 heterocycles. The predicted molar refractivity (Wildman–Crippen MR) is 58.4 cm³/mol. The molecule has 0 saturated carbocycles. The van der Waals surface area contributed by atoms with Crippen molar-refractivity contribution in [2.75, 3.05) is 0 Å². The number of hydrogen-bond donors (Lipinski definition) is 0. The molecular weight excluding hydrogens is 150 g/mol. The van der Waals surface area contributed by atoms with Gasteiger partial charge in [-0.3, -0.25) is 0 Å². The standard InChI is InChI=1S/C8H16B2S/c1-5-7-8(6-2)10(4)11-9(7)3/h5-6H2,1-4H3. The molecule has 60 valence electrons. The molecule has 0 unspecified atom stereocenters. The summed E-state index contributed by atoms with van der Waals surface area (Å²) >= 11 is 2.11. The van der Waals surface area contributed by atoms with E-state index in [1.165, 1.54) is 12.8 Å². The van der Waals surface area contributed by atoms with Gasteiger partial charge in [-0.15, -0.1) is 0 Å². The SMILES string of the molecule is CCC1=C(CC)B(C)SB1C. The Hall–Kier alpha value is 0.220. The predicted octanol–water partition coefficient (Wildman–Crippen LogP) is 3.17.